The van der Waals surface area contributed by atoms with Crippen LogP contribution in [-0.4, -0.2) is 16.3 Å². The van der Waals surface area contributed by atoms with Crippen molar-refractivity contribution in [1.29, 1.82) is 0 Å². The van der Waals surface area contributed by atoms with Crippen LogP contribution in [0, 0.1) is 3.57 Å². The molecular weight excluding hydrogens is 739 g/mol. The molecule has 0 aliphatic heterocycles. The number of ether oxygens (including phenoxy) is 1. The molecule has 6 heteroatoms. The zero-order chi connectivity index (χ0) is 23.9. The average Bonchev–Trinajstić information content (AvgIpc) is 3.00. The first-order valence-electron chi connectivity index (χ1n) is 11.3. The SMILES string of the molecule is CCCC/C(I)=C(\I)c1c(I)c(CCCC)n(C(=O)OC(C)(C)C)c1Cc1ccccc1. The highest BCUT2D eigenvalue weighted by Crippen LogP contribution is 2.41. The zero-order valence-corrected chi connectivity index (χ0v) is 26.2. The Labute approximate surface area is 234 Å². The lowest BCUT2D eigenvalue weighted by molar-refractivity contribution is 0.0528. The molecule has 0 aliphatic rings. The minimum atomic E-state index is -0.544. The topological polar surface area (TPSA) is 31.2 Å². The molecule has 0 N–H and O–H groups in total. The minimum Gasteiger partial charge on any atom is -0.443 e. The van der Waals surface area contributed by atoms with Crippen LogP contribution < -0.4 is 0 Å². The van der Waals surface area contributed by atoms with E-state index >= 15 is 0 Å². The second-order valence-electron chi connectivity index (χ2n) is 8.99. The van der Waals surface area contributed by atoms with Gasteiger partial charge in [0.15, 0.2) is 0 Å². The summed E-state index contributed by atoms with van der Waals surface area (Å²) >= 11 is 7.44. The number of rotatable bonds is 9. The minimum absolute atomic E-state index is 0.272. The molecule has 32 heavy (non-hydrogen) atoms. The number of carbonyl (C=O) groups is 1. The summed E-state index contributed by atoms with van der Waals surface area (Å²) in [5, 5.41) is 0. The molecule has 176 valence electrons. The number of hydrogen-bond acceptors (Lipinski definition) is 2. The van der Waals surface area contributed by atoms with Crippen molar-refractivity contribution in [3.63, 3.8) is 0 Å². The average molecular weight is 773 g/mol. The van der Waals surface area contributed by atoms with Crippen LogP contribution in [0.5, 0.6) is 0 Å². The van der Waals surface area contributed by atoms with Crippen LogP contribution in [-0.2, 0) is 17.6 Å². The standard InChI is InChI=1S/C26H34I3NO2/c1-6-8-15-19(27)23(28)22-21(17-18-13-11-10-12-14-18)30(25(31)32-26(3,4)5)20(24(22)29)16-9-7-2/h10-14H,6-9,15-17H2,1-5H3/b23-19+. The van der Waals surface area contributed by atoms with E-state index in [1.54, 1.807) is 0 Å². The van der Waals surface area contributed by atoms with Gasteiger partial charge in [-0.1, -0.05) is 57.0 Å². The van der Waals surface area contributed by atoms with Crippen molar-refractivity contribution >= 4 is 77.4 Å². The van der Waals surface area contributed by atoms with E-state index in [0.717, 1.165) is 37.1 Å². The van der Waals surface area contributed by atoms with Gasteiger partial charge in [-0.3, -0.25) is 4.57 Å². The van der Waals surface area contributed by atoms with Crippen molar-refractivity contribution in [2.45, 2.75) is 85.2 Å². The van der Waals surface area contributed by atoms with E-state index in [4.69, 9.17) is 4.74 Å². The van der Waals surface area contributed by atoms with Gasteiger partial charge in [0.1, 0.15) is 5.60 Å². The lowest BCUT2D eigenvalue weighted by atomic mass is 10.1. The van der Waals surface area contributed by atoms with Crippen molar-refractivity contribution in [1.82, 2.24) is 4.57 Å². The molecule has 0 radical (unpaired) electrons. The number of unbranched alkanes of at least 4 members (excludes halogenated alkanes) is 2. The summed E-state index contributed by atoms with van der Waals surface area (Å²) in [6.45, 7) is 10.2. The molecule has 0 aliphatic carbocycles. The third-order valence-corrected chi connectivity index (χ3v) is 9.53. The number of benzene rings is 1. The fourth-order valence-electron chi connectivity index (χ4n) is 3.49. The van der Waals surface area contributed by atoms with Crippen LogP contribution in [0.15, 0.2) is 33.9 Å². The lowest BCUT2D eigenvalue weighted by Gasteiger charge is -2.22. The van der Waals surface area contributed by atoms with Crippen LogP contribution in [0.1, 0.15) is 89.2 Å². The number of halogens is 3. The Kier molecular flexibility index (Phi) is 11.5. The lowest BCUT2D eigenvalue weighted by Crippen LogP contribution is -2.29. The summed E-state index contributed by atoms with van der Waals surface area (Å²) < 4.78 is 11.6. The molecule has 1 aromatic heterocycles. The highest BCUT2D eigenvalue weighted by molar-refractivity contribution is 14.1. The van der Waals surface area contributed by atoms with Gasteiger partial charge in [0.2, 0.25) is 0 Å². The molecule has 1 aromatic carbocycles. The molecule has 0 amide bonds. The third-order valence-electron chi connectivity index (χ3n) is 5.07. The van der Waals surface area contributed by atoms with Gasteiger partial charge in [-0.05, 0) is 120 Å². The van der Waals surface area contributed by atoms with E-state index in [0.29, 0.717) is 6.42 Å². The Bertz CT molecular complexity index is 940. The summed E-state index contributed by atoms with van der Waals surface area (Å²) in [7, 11) is 0. The molecule has 0 saturated heterocycles. The van der Waals surface area contributed by atoms with E-state index in [1.807, 2.05) is 31.4 Å². The van der Waals surface area contributed by atoms with Gasteiger partial charge in [-0.25, -0.2) is 4.79 Å². The number of nitrogens with zero attached hydrogens (tertiary/aromatic N) is 1. The Morgan fingerprint density at radius 2 is 1.62 bits per heavy atom. The second kappa shape index (κ2) is 13.1. The van der Waals surface area contributed by atoms with Crippen LogP contribution in [0.2, 0.25) is 0 Å². The summed E-state index contributed by atoms with van der Waals surface area (Å²) in [6, 6.07) is 10.4. The second-order valence-corrected chi connectivity index (χ2v) is 12.4. The van der Waals surface area contributed by atoms with Crippen molar-refractivity contribution in [3.8, 4) is 0 Å². The van der Waals surface area contributed by atoms with Crippen molar-refractivity contribution in [2.75, 3.05) is 0 Å². The van der Waals surface area contributed by atoms with Gasteiger partial charge in [0.25, 0.3) is 0 Å². The van der Waals surface area contributed by atoms with Gasteiger partial charge in [0.05, 0.1) is 0 Å². The summed E-state index contributed by atoms with van der Waals surface area (Å²) in [5.41, 5.74) is 3.97. The smallest absolute Gasteiger partial charge is 0.419 e. The fourth-order valence-corrected chi connectivity index (χ4v) is 6.60. The van der Waals surface area contributed by atoms with E-state index in [-0.39, 0.29) is 6.09 Å². The van der Waals surface area contributed by atoms with E-state index in [1.165, 1.54) is 34.7 Å². The summed E-state index contributed by atoms with van der Waals surface area (Å²) in [4.78, 5) is 13.5. The van der Waals surface area contributed by atoms with Gasteiger partial charge in [-0.15, -0.1) is 0 Å². The molecule has 3 nitrogen and oxygen atoms in total. The zero-order valence-electron chi connectivity index (χ0n) is 19.7. The van der Waals surface area contributed by atoms with Gasteiger partial charge >= 0.3 is 6.09 Å². The maximum atomic E-state index is 13.5. The van der Waals surface area contributed by atoms with Crippen LogP contribution in [0.25, 0.3) is 3.58 Å². The van der Waals surface area contributed by atoms with Crippen molar-refractivity contribution in [3.05, 3.63) is 60.0 Å². The van der Waals surface area contributed by atoms with Crippen LogP contribution in [0.3, 0.4) is 0 Å². The van der Waals surface area contributed by atoms with Crippen LogP contribution in [0.4, 0.5) is 4.79 Å². The molecule has 1 heterocycles. The van der Waals surface area contributed by atoms with Gasteiger partial charge in [0, 0.05) is 34.1 Å². The van der Waals surface area contributed by atoms with Gasteiger partial charge < -0.3 is 4.74 Å². The molecule has 0 saturated carbocycles. The summed E-state index contributed by atoms with van der Waals surface area (Å²) in [5.74, 6) is 0. The molecule has 0 fully saturated rings. The first-order valence-corrected chi connectivity index (χ1v) is 14.6. The van der Waals surface area contributed by atoms with Gasteiger partial charge in [-0.2, -0.15) is 0 Å². The first-order chi connectivity index (χ1) is 15.1. The Hall–Kier alpha value is -0.100. The maximum absolute atomic E-state index is 13.5. The highest BCUT2D eigenvalue weighted by Gasteiger charge is 2.29. The number of carbonyl (C=O) groups excluding carboxylic acids is 1. The molecule has 0 spiro atoms. The van der Waals surface area contributed by atoms with E-state index in [2.05, 4.69) is 106 Å². The van der Waals surface area contributed by atoms with Crippen molar-refractivity contribution in [2.24, 2.45) is 0 Å². The third kappa shape index (κ3) is 7.71. The predicted molar refractivity (Wildman–Crippen MR) is 161 cm³/mol. The number of hydrogen-bond donors (Lipinski definition) is 0. The largest absolute Gasteiger partial charge is 0.443 e. The molecule has 2 rings (SSSR count). The first kappa shape index (κ1) is 28.1. The summed E-state index contributed by atoms with van der Waals surface area (Å²) in [6.07, 6.45) is 6.83. The molecule has 0 atom stereocenters. The van der Waals surface area contributed by atoms with E-state index < -0.39 is 5.60 Å². The monoisotopic (exact) mass is 773 g/mol. The number of aromatic nitrogens is 1. The van der Waals surface area contributed by atoms with E-state index in [9.17, 15) is 4.79 Å². The molecule has 0 bridgehead atoms. The Morgan fingerprint density at radius 3 is 2.19 bits per heavy atom. The fraction of sp³-hybridized carbons (Fsp3) is 0.500. The van der Waals surface area contributed by atoms with Crippen molar-refractivity contribution < 1.29 is 9.53 Å². The molecule has 2 aromatic rings. The number of allylic oxidation sites excluding steroid dienone is 1. The molecule has 0 unspecified atom stereocenters. The Morgan fingerprint density at radius 1 is 1.00 bits per heavy atom. The van der Waals surface area contributed by atoms with Crippen LogP contribution >= 0.6 is 67.8 Å². The Balaban J connectivity index is 2.76. The normalized spacial score (nSPS) is 12.6. The maximum Gasteiger partial charge on any atom is 0.419 e. The molecular formula is C26H34I3NO2. The highest BCUT2D eigenvalue weighted by atomic mass is 127. The predicted octanol–water partition coefficient (Wildman–Crippen LogP) is 9.54. The quantitative estimate of drug-likeness (QED) is 0.238.